The Balaban J connectivity index is 1.74. The van der Waals surface area contributed by atoms with Gasteiger partial charge in [-0.3, -0.25) is 4.79 Å². The normalized spacial score (nSPS) is 11.1. The molecule has 0 atom stereocenters. The van der Waals surface area contributed by atoms with Crippen LogP contribution >= 0.6 is 11.6 Å². The Morgan fingerprint density at radius 1 is 1.00 bits per heavy atom. The summed E-state index contributed by atoms with van der Waals surface area (Å²) in [6, 6.07) is 11.6. The van der Waals surface area contributed by atoms with Crippen molar-refractivity contribution in [2.45, 2.75) is 6.18 Å². The molecule has 0 saturated carbocycles. The predicted octanol–water partition coefficient (Wildman–Crippen LogP) is 5.14. The number of halogens is 4. The lowest BCUT2D eigenvalue weighted by Gasteiger charge is -2.13. The minimum Gasteiger partial charge on any atom is -0.324 e. The SMILES string of the molecule is O=C(Nc1cccc(Cl)c1)c1cnc(Nc2ccccc2C(F)(F)F)nc1. The number of carbonyl (C=O) groups is 1. The van der Waals surface area contributed by atoms with Crippen LogP contribution in [-0.4, -0.2) is 15.9 Å². The molecule has 0 aliphatic heterocycles. The molecule has 3 rings (SSSR count). The van der Waals surface area contributed by atoms with Crippen LogP contribution in [0.25, 0.3) is 0 Å². The molecule has 1 aromatic heterocycles. The van der Waals surface area contributed by atoms with Gasteiger partial charge in [0.25, 0.3) is 5.91 Å². The molecule has 1 amide bonds. The first-order chi connectivity index (χ1) is 12.8. The van der Waals surface area contributed by atoms with E-state index in [1.807, 2.05) is 0 Å². The van der Waals surface area contributed by atoms with E-state index >= 15 is 0 Å². The molecule has 1 heterocycles. The van der Waals surface area contributed by atoms with E-state index < -0.39 is 17.6 Å². The van der Waals surface area contributed by atoms with Crippen LogP contribution in [0.4, 0.5) is 30.5 Å². The van der Waals surface area contributed by atoms with Gasteiger partial charge in [0, 0.05) is 23.1 Å². The van der Waals surface area contributed by atoms with Gasteiger partial charge in [0.2, 0.25) is 5.95 Å². The molecule has 0 spiro atoms. The van der Waals surface area contributed by atoms with Gasteiger partial charge < -0.3 is 10.6 Å². The zero-order chi connectivity index (χ0) is 19.4. The standard InChI is InChI=1S/C18H12ClF3N4O/c19-12-4-3-5-13(8-12)25-16(27)11-9-23-17(24-10-11)26-15-7-2-1-6-14(15)18(20,21)22/h1-10H,(H,25,27)(H,23,24,26). The molecule has 2 aromatic carbocycles. The Bertz CT molecular complexity index is 961. The fraction of sp³-hybridized carbons (Fsp3) is 0.0556. The zero-order valence-corrected chi connectivity index (χ0v) is 14.3. The van der Waals surface area contributed by atoms with Crippen LogP contribution in [-0.2, 0) is 6.18 Å². The molecule has 3 aromatic rings. The van der Waals surface area contributed by atoms with Gasteiger partial charge in [-0.15, -0.1) is 0 Å². The molecular formula is C18H12ClF3N4O. The highest BCUT2D eigenvalue weighted by Crippen LogP contribution is 2.35. The lowest BCUT2D eigenvalue weighted by molar-refractivity contribution is -0.136. The Hall–Kier alpha value is -3.13. The van der Waals surface area contributed by atoms with Crippen molar-refractivity contribution in [2.75, 3.05) is 10.6 Å². The molecule has 138 valence electrons. The minimum atomic E-state index is -4.51. The Kier molecular flexibility index (Phi) is 5.27. The number of alkyl halides is 3. The first-order valence-electron chi connectivity index (χ1n) is 7.65. The molecule has 5 nitrogen and oxygen atoms in total. The summed E-state index contributed by atoms with van der Waals surface area (Å²) >= 11 is 5.85. The van der Waals surface area contributed by atoms with Crippen LogP contribution in [0, 0.1) is 0 Å². The summed E-state index contributed by atoms with van der Waals surface area (Å²) in [6.07, 6.45) is -2.09. The molecule has 0 fully saturated rings. The maximum Gasteiger partial charge on any atom is 0.418 e. The number of nitrogens with zero attached hydrogens (tertiary/aromatic N) is 2. The van der Waals surface area contributed by atoms with Crippen LogP contribution in [0.5, 0.6) is 0 Å². The van der Waals surface area contributed by atoms with Gasteiger partial charge in [-0.1, -0.05) is 29.8 Å². The van der Waals surface area contributed by atoms with Crippen molar-refractivity contribution in [3.63, 3.8) is 0 Å². The minimum absolute atomic E-state index is 0.0639. The largest absolute Gasteiger partial charge is 0.418 e. The van der Waals surface area contributed by atoms with Gasteiger partial charge in [-0.2, -0.15) is 13.2 Å². The fourth-order valence-electron chi connectivity index (χ4n) is 2.24. The monoisotopic (exact) mass is 392 g/mol. The number of hydrogen-bond donors (Lipinski definition) is 2. The molecule has 0 radical (unpaired) electrons. The lowest BCUT2D eigenvalue weighted by Crippen LogP contribution is -2.13. The third-order valence-electron chi connectivity index (χ3n) is 3.48. The second-order valence-corrected chi connectivity index (χ2v) is 5.86. The van der Waals surface area contributed by atoms with E-state index in [1.54, 1.807) is 24.3 Å². The first-order valence-corrected chi connectivity index (χ1v) is 8.03. The predicted molar refractivity (Wildman–Crippen MR) is 96.2 cm³/mol. The Labute approximate surface area is 157 Å². The third-order valence-corrected chi connectivity index (χ3v) is 3.71. The fourth-order valence-corrected chi connectivity index (χ4v) is 2.43. The van der Waals surface area contributed by atoms with E-state index in [-0.39, 0.29) is 17.2 Å². The smallest absolute Gasteiger partial charge is 0.324 e. The van der Waals surface area contributed by atoms with Crippen molar-refractivity contribution in [3.8, 4) is 0 Å². The van der Waals surface area contributed by atoms with Crippen LogP contribution in [0.1, 0.15) is 15.9 Å². The van der Waals surface area contributed by atoms with Crippen molar-refractivity contribution in [3.05, 3.63) is 77.1 Å². The number of hydrogen-bond acceptors (Lipinski definition) is 4. The number of benzene rings is 2. The quantitative estimate of drug-likeness (QED) is 0.644. The zero-order valence-electron chi connectivity index (χ0n) is 13.6. The Morgan fingerprint density at radius 3 is 2.37 bits per heavy atom. The summed E-state index contributed by atoms with van der Waals surface area (Å²) < 4.78 is 39.0. The highest BCUT2D eigenvalue weighted by atomic mass is 35.5. The van der Waals surface area contributed by atoms with E-state index in [0.717, 1.165) is 6.07 Å². The van der Waals surface area contributed by atoms with Crippen molar-refractivity contribution in [2.24, 2.45) is 0 Å². The van der Waals surface area contributed by atoms with E-state index in [2.05, 4.69) is 20.6 Å². The number of nitrogens with one attached hydrogen (secondary N) is 2. The molecule has 0 aliphatic rings. The number of carbonyl (C=O) groups excluding carboxylic acids is 1. The number of anilines is 3. The second-order valence-electron chi connectivity index (χ2n) is 5.43. The van der Waals surface area contributed by atoms with E-state index in [0.29, 0.717) is 10.7 Å². The van der Waals surface area contributed by atoms with E-state index in [1.165, 1.54) is 30.6 Å². The lowest BCUT2D eigenvalue weighted by atomic mass is 10.1. The summed E-state index contributed by atoms with van der Waals surface area (Å²) in [4.78, 5) is 20.0. The summed E-state index contributed by atoms with van der Waals surface area (Å²) in [7, 11) is 0. The molecule has 2 N–H and O–H groups in total. The number of aromatic nitrogens is 2. The summed E-state index contributed by atoms with van der Waals surface area (Å²) in [6.45, 7) is 0. The average molecular weight is 393 g/mol. The van der Waals surface area contributed by atoms with Gasteiger partial charge in [0.05, 0.1) is 16.8 Å². The van der Waals surface area contributed by atoms with Gasteiger partial charge in [0.1, 0.15) is 0 Å². The first kappa shape index (κ1) is 18.7. The van der Waals surface area contributed by atoms with Gasteiger partial charge in [-0.05, 0) is 30.3 Å². The van der Waals surface area contributed by atoms with Gasteiger partial charge >= 0.3 is 6.18 Å². The molecule has 0 bridgehead atoms. The van der Waals surface area contributed by atoms with Crippen LogP contribution in [0.2, 0.25) is 5.02 Å². The molecule has 9 heteroatoms. The summed E-state index contributed by atoms with van der Waals surface area (Å²) in [5.41, 5.74) is -0.379. The highest BCUT2D eigenvalue weighted by Gasteiger charge is 2.33. The van der Waals surface area contributed by atoms with Crippen LogP contribution in [0.15, 0.2) is 60.9 Å². The van der Waals surface area contributed by atoms with Gasteiger partial charge in [-0.25, -0.2) is 9.97 Å². The van der Waals surface area contributed by atoms with Crippen molar-refractivity contribution < 1.29 is 18.0 Å². The highest BCUT2D eigenvalue weighted by molar-refractivity contribution is 6.30. The van der Waals surface area contributed by atoms with E-state index in [4.69, 9.17) is 11.6 Å². The maximum absolute atomic E-state index is 13.0. The van der Waals surface area contributed by atoms with Crippen LogP contribution < -0.4 is 10.6 Å². The number of amides is 1. The van der Waals surface area contributed by atoms with Crippen molar-refractivity contribution >= 4 is 34.8 Å². The molecule has 0 aliphatic carbocycles. The van der Waals surface area contributed by atoms with Crippen molar-refractivity contribution in [1.82, 2.24) is 9.97 Å². The second kappa shape index (κ2) is 7.63. The third kappa shape index (κ3) is 4.73. The summed E-state index contributed by atoms with van der Waals surface area (Å²) in [5, 5.41) is 5.60. The summed E-state index contributed by atoms with van der Waals surface area (Å²) in [5.74, 6) is -0.537. The average Bonchev–Trinajstić information content (AvgIpc) is 2.62. The molecular weight excluding hydrogens is 381 g/mol. The van der Waals surface area contributed by atoms with Crippen molar-refractivity contribution in [1.29, 1.82) is 0 Å². The number of para-hydroxylation sites is 1. The van der Waals surface area contributed by atoms with Crippen LogP contribution in [0.3, 0.4) is 0 Å². The topological polar surface area (TPSA) is 66.9 Å². The maximum atomic E-state index is 13.0. The Morgan fingerprint density at radius 2 is 1.70 bits per heavy atom. The molecule has 27 heavy (non-hydrogen) atoms. The number of rotatable bonds is 4. The van der Waals surface area contributed by atoms with Gasteiger partial charge in [0.15, 0.2) is 0 Å². The van der Waals surface area contributed by atoms with E-state index in [9.17, 15) is 18.0 Å². The molecule has 0 unspecified atom stereocenters. The molecule has 0 saturated heterocycles.